The second-order valence-corrected chi connectivity index (χ2v) is 4.78. The molecule has 98 valence electrons. The first kappa shape index (κ1) is 13.3. The van der Waals surface area contributed by atoms with Crippen LogP contribution in [-0.2, 0) is 15.9 Å². The van der Waals surface area contributed by atoms with Gasteiger partial charge in [-0.3, -0.25) is 0 Å². The molecule has 0 amide bonds. The maximum atomic E-state index is 5.76. The van der Waals surface area contributed by atoms with Gasteiger partial charge in [0.15, 0.2) is 6.29 Å². The molecule has 2 rings (SSSR count). The Balaban J connectivity index is 1.92. The highest BCUT2D eigenvalue weighted by molar-refractivity contribution is 5.23. The Morgan fingerprint density at radius 1 is 1.17 bits per heavy atom. The lowest BCUT2D eigenvalue weighted by atomic mass is 10.1. The molecular formula is C16H22O2. The maximum absolute atomic E-state index is 5.76. The van der Waals surface area contributed by atoms with E-state index in [0.29, 0.717) is 5.92 Å². The van der Waals surface area contributed by atoms with Gasteiger partial charge in [0, 0.05) is 11.5 Å². The van der Waals surface area contributed by atoms with E-state index >= 15 is 0 Å². The number of aryl methyl sites for hydroxylation is 1. The van der Waals surface area contributed by atoms with Crippen molar-refractivity contribution in [2.45, 2.75) is 33.0 Å². The predicted octanol–water partition coefficient (Wildman–Crippen LogP) is 3.88. The molecule has 0 aromatic heterocycles. The van der Waals surface area contributed by atoms with Crippen LogP contribution in [0.5, 0.6) is 0 Å². The van der Waals surface area contributed by atoms with Crippen molar-refractivity contribution in [1.29, 1.82) is 0 Å². The van der Waals surface area contributed by atoms with E-state index in [-0.39, 0.29) is 6.29 Å². The predicted molar refractivity (Wildman–Crippen MR) is 73.4 cm³/mol. The van der Waals surface area contributed by atoms with E-state index < -0.39 is 0 Å². The summed E-state index contributed by atoms with van der Waals surface area (Å²) in [5.74, 6) is 0.394. The second kappa shape index (κ2) is 6.72. The molecule has 0 N–H and O–H groups in total. The van der Waals surface area contributed by atoms with Gasteiger partial charge in [0.2, 0.25) is 0 Å². The normalized spacial score (nSPS) is 24.6. The zero-order chi connectivity index (χ0) is 12.8. The van der Waals surface area contributed by atoms with Gasteiger partial charge < -0.3 is 9.47 Å². The lowest BCUT2D eigenvalue weighted by Gasteiger charge is -2.28. The molecule has 1 aromatic rings. The molecule has 2 heteroatoms. The van der Waals surface area contributed by atoms with E-state index in [1.807, 2.05) is 6.92 Å². The highest BCUT2D eigenvalue weighted by Gasteiger charge is 2.21. The van der Waals surface area contributed by atoms with Crippen LogP contribution in [0, 0.1) is 5.92 Å². The smallest absolute Gasteiger partial charge is 0.183 e. The van der Waals surface area contributed by atoms with E-state index in [1.54, 1.807) is 0 Å². The lowest BCUT2D eigenvalue weighted by Crippen LogP contribution is -2.25. The first-order chi connectivity index (χ1) is 8.83. The van der Waals surface area contributed by atoms with Gasteiger partial charge in [-0.25, -0.2) is 0 Å². The van der Waals surface area contributed by atoms with Crippen LogP contribution in [0.15, 0.2) is 36.4 Å². The van der Waals surface area contributed by atoms with E-state index in [9.17, 15) is 0 Å². The van der Waals surface area contributed by atoms with Crippen molar-refractivity contribution < 1.29 is 9.47 Å². The monoisotopic (exact) mass is 246 g/mol. The van der Waals surface area contributed by atoms with E-state index in [4.69, 9.17) is 9.47 Å². The van der Waals surface area contributed by atoms with Crippen LogP contribution < -0.4 is 0 Å². The Hall–Kier alpha value is -1.12. The van der Waals surface area contributed by atoms with Gasteiger partial charge in [0.05, 0.1) is 13.2 Å². The van der Waals surface area contributed by atoms with Crippen LogP contribution in [0.4, 0.5) is 0 Å². The minimum atomic E-state index is -0.192. The van der Waals surface area contributed by atoms with Gasteiger partial charge in [-0.1, -0.05) is 49.8 Å². The van der Waals surface area contributed by atoms with Crippen LogP contribution in [0.3, 0.4) is 0 Å². The van der Waals surface area contributed by atoms with Gasteiger partial charge in [-0.2, -0.15) is 0 Å². The largest absolute Gasteiger partial charge is 0.348 e. The van der Waals surface area contributed by atoms with Crippen molar-refractivity contribution in [2.24, 2.45) is 5.92 Å². The Kier molecular flexibility index (Phi) is 4.97. The summed E-state index contributed by atoms with van der Waals surface area (Å²) in [4.78, 5) is 0. The third-order valence-electron chi connectivity index (χ3n) is 3.18. The van der Waals surface area contributed by atoms with E-state index in [2.05, 4.69) is 43.3 Å². The van der Waals surface area contributed by atoms with E-state index in [1.165, 1.54) is 12.0 Å². The number of ether oxygens (including phenoxy) is 2. The van der Waals surface area contributed by atoms with Crippen molar-refractivity contribution >= 4 is 0 Å². The molecule has 0 saturated carbocycles. The number of hydrogen-bond acceptors (Lipinski definition) is 2. The van der Waals surface area contributed by atoms with E-state index in [0.717, 1.165) is 25.2 Å². The molecule has 1 aromatic carbocycles. The number of allylic oxidation sites excluding steroid dienone is 1. The van der Waals surface area contributed by atoms with Crippen molar-refractivity contribution in [3.8, 4) is 0 Å². The minimum absolute atomic E-state index is 0.192. The summed E-state index contributed by atoms with van der Waals surface area (Å²) in [5, 5.41) is 0. The van der Waals surface area contributed by atoms with Gasteiger partial charge in [-0.05, 0) is 18.9 Å². The average Bonchev–Trinajstić information content (AvgIpc) is 2.41. The van der Waals surface area contributed by atoms with Crippen LogP contribution in [0.2, 0.25) is 0 Å². The SMILES string of the molecule is CC=C[C@H]1CO[C@H](c2ccc(CCC)cc2)OC1. The number of benzene rings is 1. The Labute approximate surface area is 110 Å². The second-order valence-electron chi connectivity index (χ2n) is 4.78. The standard InChI is InChI=1S/C16H22O2/c1-3-5-13-7-9-15(10-8-13)16-17-11-14(6-4-2)12-18-16/h4,6-10,14,16H,3,5,11-12H2,1-2H3/t14-,16-. The fourth-order valence-electron chi connectivity index (χ4n) is 2.22. The Bertz CT molecular complexity index is 373. The van der Waals surface area contributed by atoms with Crippen molar-refractivity contribution in [2.75, 3.05) is 13.2 Å². The maximum Gasteiger partial charge on any atom is 0.183 e. The molecule has 1 saturated heterocycles. The number of rotatable bonds is 4. The summed E-state index contributed by atoms with van der Waals surface area (Å²) >= 11 is 0. The zero-order valence-corrected chi connectivity index (χ0v) is 11.3. The highest BCUT2D eigenvalue weighted by atomic mass is 16.7. The molecule has 1 heterocycles. The van der Waals surface area contributed by atoms with Crippen LogP contribution in [-0.4, -0.2) is 13.2 Å². The van der Waals surface area contributed by atoms with Crippen molar-refractivity contribution in [1.82, 2.24) is 0 Å². The van der Waals surface area contributed by atoms with Crippen molar-refractivity contribution in [3.05, 3.63) is 47.5 Å². The van der Waals surface area contributed by atoms with Gasteiger partial charge in [0.25, 0.3) is 0 Å². The summed E-state index contributed by atoms with van der Waals surface area (Å²) in [6.07, 6.45) is 6.32. The molecule has 0 unspecified atom stereocenters. The molecule has 1 aliphatic heterocycles. The first-order valence-electron chi connectivity index (χ1n) is 6.78. The molecular weight excluding hydrogens is 224 g/mol. The lowest BCUT2D eigenvalue weighted by molar-refractivity contribution is -0.197. The first-order valence-corrected chi connectivity index (χ1v) is 6.78. The van der Waals surface area contributed by atoms with Gasteiger partial charge in [0.1, 0.15) is 0 Å². The molecule has 0 atom stereocenters. The highest BCUT2D eigenvalue weighted by Crippen LogP contribution is 2.25. The Morgan fingerprint density at radius 3 is 2.39 bits per heavy atom. The summed E-state index contributed by atoms with van der Waals surface area (Å²) in [7, 11) is 0. The van der Waals surface area contributed by atoms with Crippen molar-refractivity contribution in [3.63, 3.8) is 0 Å². The molecule has 0 aliphatic carbocycles. The third-order valence-corrected chi connectivity index (χ3v) is 3.18. The topological polar surface area (TPSA) is 18.5 Å². The van der Waals surface area contributed by atoms with Crippen LogP contribution in [0.1, 0.15) is 37.7 Å². The third kappa shape index (κ3) is 3.44. The summed E-state index contributed by atoms with van der Waals surface area (Å²) in [5.41, 5.74) is 2.50. The molecule has 1 aliphatic rings. The summed E-state index contributed by atoms with van der Waals surface area (Å²) in [6.45, 7) is 5.71. The molecule has 0 bridgehead atoms. The zero-order valence-electron chi connectivity index (χ0n) is 11.3. The Morgan fingerprint density at radius 2 is 1.83 bits per heavy atom. The quantitative estimate of drug-likeness (QED) is 0.751. The molecule has 0 spiro atoms. The average molecular weight is 246 g/mol. The number of hydrogen-bond donors (Lipinski definition) is 0. The molecule has 2 nitrogen and oxygen atoms in total. The molecule has 1 fully saturated rings. The molecule has 18 heavy (non-hydrogen) atoms. The molecule has 0 radical (unpaired) electrons. The minimum Gasteiger partial charge on any atom is -0.348 e. The van der Waals surface area contributed by atoms with Crippen LogP contribution >= 0.6 is 0 Å². The van der Waals surface area contributed by atoms with Gasteiger partial charge in [-0.15, -0.1) is 0 Å². The van der Waals surface area contributed by atoms with Crippen LogP contribution in [0.25, 0.3) is 0 Å². The fourth-order valence-corrected chi connectivity index (χ4v) is 2.22. The van der Waals surface area contributed by atoms with Gasteiger partial charge >= 0.3 is 0 Å². The summed E-state index contributed by atoms with van der Waals surface area (Å²) in [6, 6.07) is 8.57. The summed E-state index contributed by atoms with van der Waals surface area (Å²) < 4.78 is 11.5. The fraction of sp³-hybridized carbons (Fsp3) is 0.500.